The molecule has 2 N–H and O–H groups in total. The van der Waals surface area contributed by atoms with E-state index >= 15 is 0 Å². The van der Waals surface area contributed by atoms with Crippen LogP contribution in [0.3, 0.4) is 0 Å². The Balaban J connectivity index is 1.85. The minimum absolute atomic E-state index is 0.198. The normalized spacial score (nSPS) is 12.1. The molecule has 3 aromatic rings. The van der Waals surface area contributed by atoms with Crippen LogP contribution in [-0.4, -0.2) is 15.9 Å². The fourth-order valence-corrected chi connectivity index (χ4v) is 3.94. The maximum atomic E-state index is 12.5. The number of nitrogens with zero attached hydrogens (tertiary/aromatic N) is 1. The number of thiazole rings is 1. The van der Waals surface area contributed by atoms with E-state index in [-0.39, 0.29) is 17.5 Å². The van der Waals surface area contributed by atoms with Gasteiger partial charge in [-0.05, 0) is 42.3 Å². The first kappa shape index (κ1) is 16.6. The van der Waals surface area contributed by atoms with Crippen molar-refractivity contribution in [3.63, 3.8) is 0 Å². The van der Waals surface area contributed by atoms with Gasteiger partial charge in [-0.25, -0.2) is 4.98 Å². The third-order valence-electron chi connectivity index (χ3n) is 3.71. The number of rotatable bonds is 5. The van der Waals surface area contributed by atoms with Crippen LogP contribution in [0.25, 0.3) is 0 Å². The molecule has 24 heavy (non-hydrogen) atoms. The zero-order valence-electron chi connectivity index (χ0n) is 13.3. The quantitative estimate of drug-likeness (QED) is 0.734. The third-order valence-corrected chi connectivity index (χ3v) is 5.63. The van der Waals surface area contributed by atoms with Crippen LogP contribution < -0.4 is 10.9 Å². The SMILES string of the molecule is Cc1nc(C(Cc2ccsc2)NC(=O)c2ccc(=O)[nH]c2)sc1C. The van der Waals surface area contributed by atoms with Gasteiger partial charge in [-0.2, -0.15) is 11.3 Å². The summed E-state index contributed by atoms with van der Waals surface area (Å²) in [6.07, 6.45) is 2.11. The molecule has 3 rings (SSSR count). The molecule has 0 fully saturated rings. The van der Waals surface area contributed by atoms with Crippen LogP contribution in [-0.2, 0) is 6.42 Å². The zero-order valence-corrected chi connectivity index (χ0v) is 15.0. The van der Waals surface area contributed by atoms with Crippen molar-refractivity contribution in [1.29, 1.82) is 0 Å². The van der Waals surface area contributed by atoms with Crippen molar-refractivity contribution in [3.05, 3.63) is 72.2 Å². The number of thiophene rings is 1. The summed E-state index contributed by atoms with van der Waals surface area (Å²) in [7, 11) is 0. The molecule has 0 saturated carbocycles. The second-order valence-electron chi connectivity index (χ2n) is 5.50. The van der Waals surface area contributed by atoms with E-state index in [4.69, 9.17) is 0 Å². The van der Waals surface area contributed by atoms with Gasteiger partial charge in [0.25, 0.3) is 5.91 Å². The summed E-state index contributed by atoms with van der Waals surface area (Å²) in [5.41, 5.74) is 2.35. The monoisotopic (exact) mass is 359 g/mol. The predicted molar refractivity (Wildman–Crippen MR) is 96.9 cm³/mol. The summed E-state index contributed by atoms with van der Waals surface area (Å²) in [4.78, 5) is 31.9. The molecule has 1 atom stereocenters. The van der Waals surface area contributed by atoms with Gasteiger partial charge in [0.2, 0.25) is 5.56 Å². The highest BCUT2D eigenvalue weighted by Gasteiger charge is 2.20. The third kappa shape index (κ3) is 3.80. The molecule has 0 aliphatic rings. The number of amides is 1. The van der Waals surface area contributed by atoms with Gasteiger partial charge in [0, 0.05) is 23.6 Å². The summed E-state index contributed by atoms with van der Waals surface area (Å²) in [6.45, 7) is 4.00. The van der Waals surface area contributed by atoms with Crippen molar-refractivity contribution in [2.75, 3.05) is 0 Å². The number of nitrogens with one attached hydrogen (secondary N) is 2. The standard InChI is InChI=1S/C17H17N3O2S2/c1-10-11(2)24-17(19-10)14(7-12-5-6-23-9-12)20-16(22)13-3-4-15(21)18-8-13/h3-6,8-9,14H,7H2,1-2H3,(H,18,21)(H,20,22). The van der Waals surface area contributed by atoms with Crippen molar-refractivity contribution in [2.24, 2.45) is 0 Å². The van der Waals surface area contributed by atoms with E-state index in [0.29, 0.717) is 12.0 Å². The molecule has 0 aliphatic carbocycles. The summed E-state index contributed by atoms with van der Waals surface area (Å²) in [5, 5.41) is 8.03. The summed E-state index contributed by atoms with van der Waals surface area (Å²) < 4.78 is 0. The molecule has 3 aromatic heterocycles. The second kappa shape index (κ2) is 7.11. The number of H-pyrrole nitrogens is 1. The number of pyridine rings is 1. The Kier molecular flexibility index (Phi) is 4.92. The number of carbonyl (C=O) groups excluding carboxylic acids is 1. The van der Waals surface area contributed by atoms with Gasteiger partial charge in [0.15, 0.2) is 0 Å². The van der Waals surface area contributed by atoms with Crippen molar-refractivity contribution in [1.82, 2.24) is 15.3 Å². The van der Waals surface area contributed by atoms with Crippen LogP contribution in [0, 0.1) is 13.8 Å². The maximum absolute atomic E-state index is 12.5. The molecule has 0 aromatic carbocycles. The van der Waals surface area contributed by atoms with Crippen molar-refractivity contribution >= 4 is 28.6 Å². The number of carbonyl (C=O) groups is 1. The molecule has 7 heteroatoms. The van der Waals surface area contributed by atoms with Gasteiger partial charge >= 0.3 is 0 Å². The van der Waals surface area contributed by atoms with Gasteiger partial charge in [-0.1, -0.05) is 0 Å². The Morgan fingerprint density at radius 3 is 2.75 bits per heavy atom. The average Bonchev–Trinajstić information content (AvgIpc) is 3.18. The van der Waals surface area contributed by atoms with Gasteiger partial charge in [0.1, 0.15) is 5.01 Å². The molecule has 0 saturated heterocycles. The molecule has 1 unspecified atom stereocenters. The number of hydrogen-bond acceptors (Lipinski definition) is 5. The smallest absolute Gasteiger partial charge is 0.253 e. The molecule has 0 bridgehead atoms. The van der Waals surface area contributed by atoms with E-state index in [1.165, 1.54) is 18.3 Å². The first-order valence-electron chi connectivity index (χ1n) is 7.47. The molecule has 5 nitrogen and oxygen atoms in total. The number of hydrogen-bond donors (Lipinski definition) is 2. The number of aromatic amines is 1. The lowest BCUT2D eigenvalue weighted by Gasteiger charge is -2.16. The lowest BCUT2D eigenvalue weighted by Crippen LogP contribution is -2.30. The number of aromatic nitrogens is 2. The second-order valence-corrected chi connectivity index (χ2v) is 7.51. The molecular formula is C17H17N3O2S2. The molecule has 124 valence electrons. The zero-order chi connectivity index (χ0) is 17.1. The van der Waals surface area contributed by atoms with Gasteiger partial charge in [-0.3, -0.25) is 9.59 Å². The highest BCUT2D eigenvalue weighted by molar-refractivity contribution is 7.11. The minimum Gasteiger partial charge on any atom is -0.342 e. The molecule has 1 amide bonds. The first-order valence-corrected chi connectivity index (χ1v) is 9.23. The Morgan fingerprint density at radius 2 is 2.17 bits per heavy atom. The van der Waals surface area contributed by atoms with Crippen molar-refractivity contribution in [2.45, 2.75) is 26.3 Å². The van der Waals surface area contributed by atoms with E-state index in [0.717, 1.165) is 21.1 Å². The maximum Gasteiger partial charge on any atom is 0.253 e. The molecule has 0 radical (unpaired) electrons. The van der Waals surface area contributed by atoms with Crippen LogP contribution in [0.4, 0.5) is 0 Å². The summed E-state index contributed by atoms with van der Waals surface area (Å²) >= 11 is 3.24. The van der Waals surface area contributed by atoms with Crippen LogP contribution >= 0.6 is 22.7 Å². The van der Waals surface area contributed by atoms with Gasteiger partial charge in [0.05, 0.1) is 17.3 Å². The Morgan fingerprint density at radius 1 is 1.33 bits per heavy atom. The minimum atomic E-state index is -0.229. The van der Waals surface area contributed by atoms with E-state index in [1.54, 1.807) is 22.7 Å². The van der Waals surface area contributed by atoms with Crippen LogP contribution in [0.1, 0.15) is 37.5 Å². The van der Waals surface area contributed by atoms with Crippen LogP contribution in [0.15, 0.2) is 40.0 Å². The topological polar surface area (TPSA) is 74.8 Å². The highest BCUT2D eigenvalue weighted by Crippen LogP contribution is 2.26. The van der Waals surface area contributed by atoms with E-state index < -0.39 is 0 Å². The highest BCUT2D eigenvalue weighted by atomic mass is 32.1. The lowest BCUT2D eigenvalue weighted by atomic mass is 10.1. The van der Waals surface area contributed by atoms with Gasteiger partial charge in [-0.15, -0.1) is 11.3 Å². The predicted octanol–water partition coefficient (Wildman–Crippen LogP) is 3.22. The lowest BCUT2D eigenvalue weighted by molar-refractivity contribution is 0.0936. The molecule has 0 aliphatic heterocycles. The largest absolute Gasteiger partial charge is 0.342 e. The van der Waals surface area contributed by atoms with Crippen molar-refractivity contribution in [3.8, 4) is 0 Å². The molecule has 0 spiro atoms. The van der Waals surface area contributed by atoms with E-state index in [1.807, 2.05) is 19.2 Å². The Labute approximate surface area is 147 Å². The van der Waals surface area contributed by atoms with E-state index in [9.17, 15) is 9.59 Å². The molecular weight excluding hydrogens is 342 g/mol. The molecule has 3 heterocycles. The van der Waals surface area contributed by atoms with Crippen molar-refractivity contribution < 1.29 is 4.79 Å². The van der Waals surface area contributed by atoms with E-state index in [2.05, 4.69) is 26.7 Å². The summed E-state index contributed by atoms with van der Waals surface area (Å²) in [6, 6.07) is 4.72. The van der Waals surface area contributed by atoms with Crippen LogP contribution in [0.5, 0.6) is 0 Å². The Hall–Kier alpha value is -2.25. The fourth-order valence-electron chi connectivity index (χ4n) is 2.28. The fraction of sp³-hybridized carbons (Fsp3) is 0.235. The first-order chi connectivity index (χ1) is 11.5. The average molecular weight is 359 g/mol. The van der Waals surface area contributed by atoms with Crippen LogP contribution in [0.2, 0.25) is 0 Å². The Bertz CT molecular complexity index is 857. The summed E-state index contributed by atoms with van der Waals surface area (Å²) in [5.74, 6) is -0.225. The number of aryl methyl sites for hydroxylation is 2. The van der Waals surface area contributed by atoms with Gasteiger partial charge < -0.3 is 10.3 Å².